The first-order valence-electron chi connectivity index (χ1n) is 9.02. The molecule has 0 bridgehead atoms. The minimum Gasteiger partial charge on any atom is -0.308 e. The lowest BCUT2D eigenvalue weighted by Crippen LogP contribution is -2.19. The molecule has 1 aliphatic carbocycles. The molecule has 0 N–H and O–H groups in total. The summed E-state index contributed by atoms with van der Waals surface area (Å²) in [6, 6.07) is 0. The van der Waals surface area contributed by atoms with Crippen molar-refractivity contribution < 1.29 is 18.4 Å². The topological polar surface area (TPSA) is 52.6 Å². The number of hydrogen-bond acceptors (Lipinski definition) is 4. The van der Waals surface area contributed by atoms with Gasteiger partial charge in [0, 0.05) is 5.92 Å². The molecule has 0 heterocycles. The van der Waals surface area contributed by atoms with Gasteiger partial charge >= 0.3 is 7.60 Å². The summed E-state index contributed by atoms with van der Waals surface area (Å²) in [6.45, 7) is 4.95. The van der Waals surface area contributed by atoms with E-state index in [9.17, 15) is 9.36 Å². The molecule has 0 atom stereocenters. The highest BCUT2D eigenvalue weighted by molar-refractivity contribution is 7.54. The van der Waals surface area contributed by atoms with E-state index >= 15 is 0 Å². The van der Waals surface area contributed by atoms with Crippen LogP contribution in [0.5, 0.6) is 0 Å². The second kappa shape index (κ2) is 11.4. The molecule has 5 heteroatoms. The molecule has 1 rings (SSSR count). The Bertz CT molecular complexity index is 335. The molecule has 0 saturated heterocycles. The van der Waals surface area contributed by atoms with Gasteiger partial charge in [0.05, 0.1) is 13.2 Å². The lowest BCUT2D eigenvalue weighted by atomic mass is 9.96. The molecule has 0 aromatic rings. The van der Waals surface area contributed by atoms with Crippen LogP contribution in [0.25, 0.3) is 0 Å². The summed E-state index contributed by atoms with van der Waals surface area (Å²) in [4.78, 5) is 12.5. The Hall–Kier alpha value is -0.180. The number of Topliss-reactive ketones (excluding diaryl/α,β-unsaturated/α-hetero) is 1. The largest absolute Gasteiger partial charge is 0.338 e. The van der Waals surface area contributed by atoms with Gasteiger partial charge in [-0.25, -0.2) is 0 Å². The summed E-state index contributed by atoms with van der Waals surface area (Å²) in [7, 11) is -3.27. The molecular weight excluding hydrogens is 299 g/mol. The van der Waals surface area contributed by atoms with Crippen LogP contribution in [0.4, 0.5) is 0 Å². The molecule has 1 aliphatic rings. The summed E-state index contributed by atoms with van der Waals surface area (Å²) < 4.78 is 23.9. The maximum atomic E-state index is 12.8. The third-order valence-corrected chi connectivity index (χ3v) is 6.08. The summed E-state index contributed by atoms with van der Waals surface area (Å²) in [5, 5.41) is 0. The van der Waals surface area contributed by atoms with Crippen molar-refractivity contribution in [2.24, 2.45) is 5.92 Å². The van der Waals surface area contributed by atoms with Gasteiger partial charge in [-0.3, -0.25) is 9.36 Å². The van der Waals surface area contributed by atoms with Crippen LogP contribution in [0, 0.1) is 5.92 Å². The van der Waals surface area contributed by atoms with Crippen molar-refractivity contribution in [3.8, 4) is 0 Å². The summed E-state index contributed by atoms with van der Waals surface area (Å²) in [6.07, 6.45) is 10.1. The van der Waals surface area contributed by atoms with E-state index in [1.807, 2.05) is 0 Å². The van der Waals surface area contributed by atoms with E-state index in [0.29, 0.717) is 13.2 Å². The molecule has 0 aliphatic heterocycles. The molecule has 0 aromatic heterocycles. The number of rotatable bonds is 11. The lowest BCUT2D eigenvalue weighted by molar-refractivity contribution is -0.121. The van der Waals surface area contributed by atoms with Gasteiger partial charge in [0.25, 0.3) is 0 Å². The zero-order chi connectivity index (χ0) is 16.3. The van der Waals surface area contributed by atoms with E-state index in [0.717, 1.165) is 51.4 Å². The molecule has 0 unspecified atom stereocenters. The normalized spacial score (nSPS) is 17.4. The molecule has 0 amide bonds. The zero-order valence-electron chi connectivity index (χ0n) is 14.3. The molecule has 1 fully saturated rings. The number of carbonyl (C=O) groups excluding carboxylic acids is 1. The fourth-order valence-electron chi connectivity index (χ4n) is 2.75. The number of unbranched alkanes of at least 4 members (excludes halogenated alkanes) is 2. The van der Waals surface area contributed by atoms with Crippen molar-refractivity contribution in [3.05, 3.63) is 0 Å². The summed E-state index contributed by atoms with van der Waals surface area (Å²) in [5.41, 5.74) is 0. The number of carbonyl (C=O) groups is 1. The first kappa shape index (κ1) is 19.9. The molecule has 130 valence electrons. The van der Waals surface area contributed by atoms with E-state index in [2.05, 4.69) is 13.8 Å². The van der Waals surface area contributed by atoms with Crippen LogP contribution < -0.4 is 0 Å². The first-order valence-corrected chi connectivity index (χ1v) is 10.7. The molecule has 0 radical (unpaired) electrons. The molecule has 4 nitrogen and oxygen atoms in total. The first-order chi connectivity index (χ1) is 10.6. The van der Waals surface area contributed by atoms with Gasteiger partial charge in [-0.05, 0) is 25.7 Å². The van der Waals surface area contributed by atoms with E-state index in [1.165, 1.54) is 12.8 Å². The van der Waals surface area contributed by atoms with Crippen molar-refractivity contribution in [3.63, 3.8) is 0 Å². The second-order valence-corrected chi connectivity index (χ2v) is 8.35. The Balaban J connectivity index is 2.56. The average molecular weight is 332 g/mol. The van der Waals surface area contributed by atoms with Crippen LogP contribution in [0.2, 0.25) is 0 Å². The van der Waals surface area contributed by atoms with Crippen LogP contribution in [0.15, 0.2) is 0 Å². The van der Waals surface area contributed by atoms with E-state index in [-0.39, 0.29) is 17.9 Å². The van der Waals surface area contributed by atoms with Gasteiger partial charge < -0.3 is 9.05 Å². The van der Waals surface area contributed by atoms with Crippen molar-refractivity contribution in [2.45, 2.75) is 78.1 Å². The van der Waals surface area contributed by atoms with Crippen LogP contribution >= 0.6 is 7.60 Å². The summed E-state index contributed by atoms with van der Waals surface area (Å²) in [5.74, 6) is 0.138. The van der Waals surface area contributed by atoms with Crippen LogP contribution in [0.1, 0.15) is 78.1 Å². The lowest BCUT2D eigenvalue weighted by Gasteiger charge is -2.20. The van der Waals surface area contributed by atoms with Crippen molar-refractivity contribution in [2.75, 3.05) is 19.4 Å². The van der Waals surface area contributed by atoms with Gasteiger partial charge in [-0.2, -0.15) is 0 Å². The third kappa shape index (κ3) is 7.89. The van der Waals surface area contributed by atoms with Crippen LogP contribution in [-0.2, 0) is 18.4 Å². The highest BCUT2D eigenvalue weighted by Crippen LogP contribution is 2.49. The smallest absolute Gasteiger partial charge is 0.308 e. The van der Waals surface area contributed by atoms with Crippen LogP contribution in [-0.4, -0.2) is 25.2 Å². The fraction of sp³-hybridized carbons (Fsp3) is 0.941. The molecular formula is C17H33O4P. The highest BCUT2D eigenvalue weighted by atomic mass is 31.2. The molecule has 1 saturated carbocycles. The summed E-state index contributed by atoms with van der Waals surface area (Å²) >= 11 is 0. The number of ketones is 1. The minimum atomic E-state index is -3.27. The Morgan fingerprint density at radius 3 is 1.91 bits per heavy atom. The monoisotopic (exact) mass is 332 g/mol. The SMILES string of the molecule is CCCCOP(=O)(CC(=O)C1CCCCCC1)OCCCC. The maximum absolute atomic E-state index is 12.8. The molecule has 22 heavy (non-hydrogen) atoms. The molecule has 0 spiro atoms. The van der Waals surface area contributed by atoms with E-state index in [1.54, 1.807) is 0 Å². The average Bonchev–Trinajstić information content (AvgIpc) is 2.77. The maximum Gasteiger partial charge on any atom is 0.338 e. The third-order valence-electron chi connectivity index (χ3n) is 4.23. The Morgan fingerprint density at radius 2 is 1.45 bits per heavy atom. The second-order valence-electron chi connectivity index (χ2n) is 6.30. The van der Waals surface area contributed by atoms with Crippen molar-refractivity contribution in [1.29, 1.82) is 0 Å². The van der Waals surface area contributed by atoms with Crippen LogP contribution in [0.3, 0.4) is 0 Å². The minimum absolute atomic E-state index is 0.0366. The van der Waals surface area contributed by atoms with Gasteiger partial charge in [0.15, 0.2) is 0 Å². The predicted octanol–water partition coefficient (Wildman–Crippen LogP) is 5.35. The predicted molar refractivity (Wildman–Crippen MR) is 90.4 cm³/mol. The quantitative estimate of drug-likeness (QED) is 0.291. The standard InChI is InChI=1S/C17H33O4P/c1-3-5-13-20-22(19,21-14-6-4-2)15-17(18)16-11-9-7-8-10-12-16/h16H,3-15H2,1-2H3. The van der Waals surface area contributed by atoms with Gasteiger partial charge in [-0.15, -0.1) is 0 Å². The van der Waals surface area contributed by atoms with E-state index < -0.39 is 7.60 Å². The highest BCUT2D eigenvalue weighted by Gasteiger charge is 2.32. The fourth-order valence-corrected chi connectivity index (χ4v) is 4.46. The Kier molecular flexibility index (Phi) is 10.3. The van der Waals surface area contributed by atoms with Gasteiger partial charge in [-0.1, -0.05) is 52.4 Å². The Labute approximate surface area is 135 Å². The molecule has 0 aromatic carbocycles. The van der Waals surface area contributed by atoms with Crippen molar-refractivity contribution >= 4 is 13.4 Å². The van der Waals surface area contributed by atoms with Crippen molar-refractivity contribution in [1.82, 2.24) is 0 Å². The van der Waals surface area contributed by atoms with Gasteiger partial charge in [0.2, 0.25) is 0 Å². The number of hydrogen-bond donors (Lipinski definition) is 0. The van der Waals surface area contributed by atoms with E-state index in [4.69, 9.17) is 9.05 Å². The van der Waals surface area contributed by atoms with Gasteiger partial charge in [0.1, 0.15) is 11.9 Å². The Morgan fingerprint density at radius 1 is 0.955 bits per heavy atom. The zero-order valence-corrected chi connectivity index (χ0v) is 15.2.